The van der Waals surface area contributed by atoms with E-state index in [1.54, 1.807) is 23.8 Å². The summed E-state index contributed by atoms with van der Waals surface area (Å²) in [6, 6.07) is 5.71. The van der Waals surface area contributed by atoms with E-state index in [1.165, 1.54) is 16.7 Å². The third-order valence-electron chi connectivity index (χ3n) is 6.74. The molecule has 4 heterocycles. The number of piperazine rings is 1. The maximum Gasteiger partial charge on any atom is 0.270 e. The molecule has 0 aliphatic carbocycles. The van der Waals surface area contributed by atoms with Gasteiger partial charge in [-0.25, -0.2) is 0 Å². The largest absolute Gasteiger partial charge is 0.467 e. The molecule has 0 saturated carbocycles. The molecule has 0 unspecified atom stereocenters. The number of likely N-dealkylation sites (N-methyl/N-ethyl adjacent to an activating group) is 1. The number of anilines is 1. The molecule has 190 valence electrons. The molecule has 2 aliphatic rings. The van der Waals surface area contributed by atoms with Crippen molar-refractivity contribution in [3.05, 3.63) is 56.1 Å². The summed E-state index contributed by atoms with van der Waals surface area (Å²) in [4.78, 5) is 33.4. The summed E-state index contributed by atoms with van der Waals surface area (Å²) in [6.07, 6.45) is 5.13. The number of furan rings is 1. The fourth-order valence-corrected chi connectivity index (χ4v) is 5.85. The monoisotopic (exact) mass is 525 g/mol. The molecule has 0 spiro atoms. The molecule has 0 radical (unpaired) electrons. The number of carbonyl (C=O) groups excluding carboxylic acids is 1. The highest BCUT2D eigenvalue weighted by Gasteiger charge is 2.34. The van der Waals surface area contributed by atoms with Crippen molar-refractivity contribution in [2.45, 2.75) is 46.7 Å². The Morgan fingerprint density at radius 2 is 1.97 bits per heavy atom. The number of thiocarbonyl (C=S) groups is 1. The summed E-state index contributed by atoms with van der Waals surface area (Å²) < 4.78 is 7.61. The average Bonchev–Trinajstić information content (AvgIpc) is 3.49. The molecular formula is C26H31N5O3S2. The number of unbranched alkanes of at least 4 members (excludes halogenated alkanes) is 1. The summed E-state index contributed by atoms with van der Waals surface area (Å²) in [5.74, 6) is 1.24. The molecule has 0 atom stereocenters. The first-order valence-corrected chi connectivity index (χ1v) is 13.5. The Kier molecular flexibility index (Phi) is 8.34. The zero-order chi connectivity index (χ0) is 25.8. The summed E-state index contributed by atoms with van der Waals surface area (Å²) in [7, 11) is 0. The van der Waals surface area contributed by atoms with E-state index >= 15 is 0 Å². The van der Waals surface area contributed by atoms with Gasteiger partial charge in [0.25, 0.3) is 11.5 Å². The highest BCUT2D eigenvalue weighted by Crippen LogP contribution is 2.37. The molecular weight excluding hydrogens is 494 g/mol. The number of thioether (sulfide) groups is 1. The van der Waals surface area contributed by atoms with Crippen LogP contribution in [0, 0.1) is 18.3 Å². The number of carbonyl (C=O) groups is 1. The van der Waals surface area contributed by atoms with Crippen LogP contribution in [-0.2, 0) is 17.9 Å². The number of nitriles is 1. The van der Waals surface area contributed by atoms with Crippen molar-refractivity contribution >= 4 is 46.1 Å². The molecule has 2 aromatic rings. The van der Waals surface area contributed by atoms with Gasteiger partial charge in [0.1, 0.15) is 27.5 Å². The molecule has 4 rings (SSSR count). The average molecular weight is 526 g/mol. The number of hydrogen-bond donors (Lipinski definition) is 0. The van der Waals surface area contributed by atoms with Gasteiger partial charge >= 0.3 is 0 Å². The Bertz CT molecular complexity index is 1270. The molecule has 1 amide bonds. The van der Waals surface area contributed by atoms with E-state index in [2.05, 4.69) is 29.7 Å². The van der Waals surface area contributed by atoms with E-state index in [-0.39, 0.29) is 23.6 Å². The Labute approximate surface area is 221 Å². The smallest absolute Gasteiger partial charge is 0.270 e. The number of hydrogen-bond acceptors (Lipinski definition) is 8. The van der Waals surface area contributed by atoms with Crippen LogP contribution < -0.4 is 10.5 Å². The van der Waals surface area contributed by atoms with E-state index < -0.39 is 0 Å². The van der Waals surface area contributed by atoms with Crippen molar-refractivity contribution in [2.75, 3.05) is 37.6 Å². The molecule has 36 heavy (non-hydrogen) atoms. The van der Waals surface area contributed by atoms with E-state index in [9.17, 15) is 14.9 Å². The maximum atomic E-state index is 13.4. The van der Waals surface area contributed by atoms with Crippen LogP contribution in [0.3, 0.4) is 0 Å². The van der Waals surface area contributed by atoms with E-state index in [0.717, 1.165) is 56.9 Å². The van der Waals surface area contributed by atoms with Crippen LogP contribution in [0.15, 0.2) is 32.5 Å². The van der Waals surface area contributed by atoms with E-state index in [0.29, 0.717) is 27.1 Å². The van der Waals surface area contributed by atoms with Gasteiger partial charge < -0.3 is 14.2 Å². The SMILES string of the molecule is CCCCn1c(N2CCN(CC)CC2)c(/C=C2\SC(=S)N(Cc3ccco3)C2=O)c(C)c(C#N)c1=O. The lowest BCUT2D eigenvalue weighted by atomic mass is 10.0. The molecule has 0 aromatic carbocycles. The third kappa shape index (κ3) is 5.14. The van der Waals surface area contributed by atoms with Crippen molar-refractivity contribution in [3.8, 4) is 6.07 Å². The lowest BCUT2D eigenvalue weighted by Gasteiger charge is -2.37. The molecule has 2 aliphatic heterocycles. The highest BCUT2D eigenvalue weighted by atomic mass is 32.2. The van der Waals surface area contributed by atoms with Gasteiger partial charge in [-0.2, -0.15) is 5.26 Å². The minimum atomic E-state index is -0.265. The predicted molar refractivity (Wildman–Crippen MR) is 147 cm³/mol. The maximum absolute atomic E-state index is 13.4. The first-order valence-electron chi connectivity index (χ1n) is 12.3. The Hall–Kier alpha value is -2.87. The molecule has 2 aromatic heterocycles. The first-order chi connectivity index (χ1) is 17.4. The van der Waals surface area contributed by atoms with Crippen LogP contribution in [0.2, 0.25) is 0 Å². The number of amides is 1. The lowest BCUT2D eigenvalue weighted by molar-refractivity contribution is -0.122. The van der Waals surface area contributed by atoms with E-state index in [4.69, 9.17) is 16.6 Å². The zero-order valence-corrected chi connectivity index (χ0v) is 22.6. The molecule has 10 heteroatoms. The Balaban J connectivity index is 1.82. The summed E-state index contributed by atoms with van der Waals surface area (Å²) >= 11 is 6.75. The van der Waals surface area contributed by atoms with Crippen LogP contribution in [0.25, 0.3) is 6.08 Å². The normalized spacial score (nSPS) is 17.9. The molecule has 2 fully saturated rings. The molecule has 0 N–H and O–H groups in total. The topological polar surface area (TPSA) is 85.7 Å². The fourth-order valence-electron chi connectivity index (χ4n) is 4.61. The standard InChI is InChI=1S/C26H31N5O3S2/c1-4-6-9-30-23(29-12-10-28(5-2)11-13-29)20(18(3)21(16-27)24(30)32)15-22-25(33)31(26(35)36-22)17-19-8-7-14-34-19/h7-8,14-15H,4-6,9-13,17H2,1-3H3/b22-15-. The molecule has 8 nitrogen and oxygen atoms in total. The third-order valence-corrected chi connectivity index (χ3v) is 8.12. The Morgan fingerprint density at radius 3 is 2.58 bits per heavy atom. The van der Waals surface area contributed by atoms with Crippen molar-refractivity contribution in [1.82, 2.24) is 14.4 Å². The van der Waals surface area contributed by atoms with Crippen LogP contribution in [0.1, 0.15) is 49.1 Å². The van der Waals surface area contributed by atoms with Crippen LogP contribution in [0.5, 0.6) is 0 Å². The number of rotatable bonds is 8. The van der Waals surface area contributed by atoms with Gasteiger partial charge in [-0.15, -0.1) is 0 Å². The molecule has 2 saturated heterocycles. The Morgan fingerprint density at radius 1 is 1.22 bits per heavy atom. The van der Waals surface area contributed by atoms with Crippen LogP contribution in [-0.4, -0.2) is 57.3 Å². The second-order valence-corrected chi connectivity index (χ2v) is 10.6. The quantitative estimate of drug-likeness (QED) is 0.378. The van der Waals surface area contributed by atoms with Crippen molar-refractivity contribution in [2.24, 2.45) is 0 Å². The minimum Gasteiger partial charge on any atom is -0.467 e. The van der Waals surface area contributed by atoms with Gasteiger partial charge in [0.15, 0.2) is 0 Å². The van der Waals surface area contributed by atoms with Gasteiger partial charge in [0, 0.05) is 38.3 Å². The van der Waals surface area contributed by atoms with Crippen LogP contribution in [0.4, 0.5) is 5.82 Å². The van der Waals surface area contributed by atoms with Gasteiger partial charge in [-0.05, 0) is 43.7 Å². The zero-order valence-electron chi connectivity index (χ0n) is 21.0. The van der Waals surface area contributed by atoms with Gasteiger partial charge in [0.2, 0.25) is 0 Å². The first kappa shape index (κ1) is 26.2. The molecule has 0 bridgehead atoms. The highest BCUT2D eigenvalue weighted by molar-refractivity contribution is 8.26. The number of aromatic nitrogens is 1. The lowest BCUT2D eigenvalue weighted by Crippen LogP contribution is -2.48. The summed E-state index contributed by atoms with van der Waals surface area (Å²) in [5.41, 5.74) is 1.20. The van der Waals surface area contributed by atoms with Crippen molar-refractivity contribution in [3.63, 3.8) is 0 Å². The fraction of sp³-hybridized carbons (Fsp3) is 0.462. The summed E-state index contributed by atoms with van der Waals surface area (Å²) in [5, 5.41) is 9.87. The number of pyridine rings is 1. The van der Waals surface area contributed by atoms with E-state index in [1.807, 2.05) is 12.1 Å². The predicted octanol–water partition coefficient (Wildman–Crippen LogP) is 3.96. The second-order valence-electron chi connectivity index (χ2n) is 8.93. The van der Waals surface area contributed by atoms with Crippen molar-refractivity contribution in [1.29, 1.82) is 5.26 Å². The van der Waals surface area contributed by atoms with Crippen molar-refractivity contribution < 1.29 is 9.21 Å². The number of nitrogens with zero attached hydrogens (tertiary/aromatic N) is 5. The summed E-state index contributed by atoms with van der Waals surface area (Å²) in [6.45, 7) is 11.1. The minimum absolute atomic E-state index is 0.124. The van der Waals surface area contributed by atoms with Gasteiger partial charge in [-0.3, -0.25) is 19.1 Å². The second kappa shape index (κ2) is 11.5. The van der Waals surface area contributed by atoms with Gasteiger partial charge in [-0.1, -0.05) is 44.2 Å². The van der Waals surface area contributed by atoms with Crippen LogP contribution >= 0.6 is 24.0 Å². The van der Waals surface area contributed by atoms with Gasteiger partial charge in [0.05, 0.1) is 17.7 Å².